The number of rotatable bonds is 47. The zero-order chi connectivity index (χ0) is 50.3. The molecule has 2 aromatic rings. The molecular weight excluding hydrogens is 845 g/mol. The van der Waals surface area contributed by atoms with Gasteiger partial charge in [0.2, 0.25) is 11.4 Å². The average molecular weight is 962 g/mol. The molecule has 0 fully saturated rings. The van der Waals surface area contributed by atoms with Crippen molar-refractivity contribution >= 4 is 11.4 Å². The molecule has 2 nitrogen and oxygen atoms in total. The van der Waals surface area contributed by atoms with Crippen LogP contribution < -0.4 is 0 Å². The highest BCUT2D eigenvalue weighted by Crippen LogP contribution is 2.41. The number of hydrogen-bond donors (Lipinski definition) is 0. The third kappa shape index (κ3) is 24.5. The van der Waals surface area contributed by atoms with Crippen LogP contribution in [0.1, 0.15) is 343 Å². The Morgan fingerprint density at radius 1 is 0.286 bits per heavy atom. The Morgan fingerprint density at radius 3 is 0.843 bits per heavy atom. The number of hydrogen-bond acceptors (Lipinski definition) is 0. The molecule has 0 saturated carbocycles. The van der Waals surface area contributed by atoms with E-state index in [1.165, 1.54) is 261 Å². The van der Waals surface area contributed by atoms with Gasteiger partial charge in [0, 0.05) is 22.8 Å². The van der Waals surface area contributed by atoms with Gasteiger partial charge in [0.25, 0.3) is 0 Å². The van der Waals surface area contributed by atoms with Crippen molar-refractivity contribution in [2.24, 2.45) is 0 Å². The fourth-order valence-electron chi connectivity index (χ4n) is 11.5. The second-order valence-electron chi connectivity index (χ2n) is 22.5. The minimum atomic E-state index is 0.997. The van der Waals surface area contributed by atoms with E-state index in [0.29, 0.717) is 0 Å². The van der Waals surface area contributed by atoms with Crippen LogP contribution in [0.4, 0.5) is 0 Å². The van der Waals surface area contributed by atoms with Crippen LogP contribution in [0.3, 0.4) is 0 Å². The maximum Gasteiger partial charge on any atom is 0.210 e. The first kappa shape index (κ1) is 61.8. The van der Waals surface area contributed by atoms with Crippen molar-refractivity contribution in [1.82, 2.24) is 0 Å². The summed E-state index contributed by atoms with van der Waals surface area (Å²) in [5, 5.41) is 0. The van der Waals surface area contributed by atoms with E-state index in [0.717, 1.165) is 56.3 Å². The normalized spacial score (nSPS) is 12.8. The lowest BCUT2D eigenvalue weighted by Gasteiger charge is -2.20. The van der Waals surface area contributed by atoms with Crippen molar-refractivity contribution in [2.45, 2.75) is 337 Å². The van der Waals surface area contributed by atoms with E-state index in [1.807, 2.05) is 0 Å². The van der Waals surface area contributed by atoms with Gasteiger partial charge in [-0.2, -0.15) is 0 Å². The smallest absolute Gasteiger partial charge is 0.210 e. The highest BCUT2D eigenvalue weighted by atomic mass is 15.2. The Balaban J connectivity index is 1.77. The molecule has 2 aromatic carbocycles. The second kappa shape index (κ2) is 40.9. The summed E-state index contributed by atoms with van der Waals surface area (Å²) in [6.45, 7) is 16.3. The van der Waals surface area contributed by atoms with E-state index in [2.05, 4.69) is 78.8 Å². The van der Waals surface area contributed by atoms with E-state index in [9.17, 15) is 5.53 Å². The van der Waals surface area contributed by atoms with Crippen LogP contribution in [0.15, 0.2) is 35.9 Å². The Labute approximate surface area is 437 Å². The monoisotopic (exact) mass is 961 g/mol. The lowest BCUT2D eigenvalue weighted by Crippen LogP contribution is -2.09. The molecule has 2 heteroatoms. The Morgan fingerprint density at radius 2 is 0.543 bits per heavy atom. The molecule has 0 N–H and O–H groups in total. The second-order valence-corrected chi connectivity index (χ2v) is 22.5. The van der Waals surface area contributed by atoms with Gasteiger partial charge in [0.05, 0.1) is 0 Å². The number of allylic oxidation sites excluding steroid dienone is 2. The first-order chi connectivity index (χ1) is 34.5. The molecule has 0 unspecified atom stereocenters. The lowest BCUT2D eigenvalue weighted by molar-refractivity contribution is -0.344. The molecule has 0 saturated heterocycles. The van der Waals surface area contributed by atoms with Gasteiger partial charge < -0.3 is 5.53 Å². The summed E-state index contributed by atoms with van der Waals surface area (Å²) < 4.78 is 1.65. The largest absolute Gasteiger partial charge is 0.493 e. The predicted molar refractivity (Wildman–Crippen MR) is 313 cm³/mol. The topological polar surface area (TPSA) is 25.3 Å². The summed E-state index contributed by atoms with van der Waals surface area (Å²) in [6, 6.07) is 10.1. The highest BCUT2D eigenvalue weighted by Gasteiger charge is 2.31. The summed E-state index contributed by atoms with van der Waals surface area (Å²) >= 11 is 0. The summed E-state index contributed by atoms with van der Waals surface area (Å²) in [5.41, 5.74) is 28.0. The van der Waals surface area contributed by atoms with Crippen LogP contribution in [0.5, 0.6) is 0 Å². The Hall–Kier alpha value is -2.48. The van der Waals surface area contributed by atoms with Crippen LogP contribution in [-0.2, 0) is 38.5 Å². The van der Waals surface area contributed by atoms with E-state index >= 15 is 0 Å². The molecule has 0 aromatic heterocycles. The fraction of sp³-hybridized carbons (Fsp3) is 0.765. The molecule has 70 heavy (non-hydrogen) atoms. The third-order valence-electron chi connectivity index (χ3n) is 16.1. The van der Waals surface area contributed by atoms with Crippen LogP contribution >= 0.6 is 0 Å². The number of benzene rings is 2. The van der Waals surface area contributed by atoms with Gasteiger partial charge in [-0.05, 0) is 148 Å². The summed E-state index contributed by atoms with van der Waals surface area (Å²) in [7, 11) is 0. The number of unbranched alkanes of at least 4 members (excludes halogenated alkanes) is 31. The van der Waals surface area contributed by atoms with E-state index in [1.54, 1.807) is 38.1 Å². The number of aryl methyl sites for hydroxylation is 4. The first-order valence-electron chi connectivity index (χ1n) is 31.7. The van der Waals surface area contributed by atoms with Crippen molar-refractivity contribution < 1.29 is 4.70 Å². The van der Waals surface area contributed by atoms with Crippen molar-refractivity contribution in [3.05, 3.63) is 86.0 Å². The Bertz CT molecular complexity index is 1650. The van der Waals surface area contributed by atoms with Crippen LogP contribution in [0, 0.1) is 0 Å². The fourth-order valence-corrected chi connectivity index (χ4v) is 11.5. The van der Waals surface area contributed by atoms with Gasteiger partial charge in [-0.15, -0.1) is 0 Å². The number of nitrogens with zero attached hydrogens (tertiary/aromatic N) is 2. The molecule has 0 bridgehead atoms. The molecular formula is C68H116N2. The summed E-state index contributed by atoms with van der Waals surface area (Å²) in [5.74, 6) is 0. The molecule has 0 amide bonds. The quantitative estimate of drug-likeness (QED) is 0.0467. The van der Waals surface area contributed by atoms with Gasteiger partial charge in [-0.3, -0.25) is 0 Å². The summed E-state index contributed by atoms with van der Waals surface area (Å²) in [4.78, 5) is 0. The van der Waals surface area contributed by atoms with Crippen LogP contribution in [-0.4, -0.2) is 4.70 Å². The van der Waals surface area contributed by atoms with E-state index in [4.69, 9.17) is 0 Å². The molecule has 1 aliphatic rings. The summed E-state index contributed by atoms with van der Waals surface area (Å²) in [6.07, 6.45) is 61.8. The lowest BCUT2D eigenvalue weighted by atomic mass is 9.87. The molecule has 0 spiro atoms. The van der Waals surface area contributed by atoms with Crippen molar-refractivity contribution in [2.75, 3.05) is 0 Å². The highest BCUT2D eigenvalue weighted by molar-refractivity contribution is 5.79. The SMILES string of the molecule is CCCCCCCCCCCCCCCCc1c(CCCC)cc(C2=CC(CCCC)=C(c3cc(CCCC)c(CCCCCCCCCCCCCCCC)c(CCCC)c3)[N+]2=[N-])cc1CCCC. The van der Waals surface area contributed by atoms with Gasteiger partial charge in [-0.1, -0.05) is 248 Å². The van der Waals surface area contributed by atoms with Crippen LogP contribution in [0.2, 0.25) is 0 Å². The van der Waals surface area contributed by atoms with Gasteiger partial charge >= 0.3 is 0 Å². The maximum atomic E-state index is 12.6. The maximum absolute atomic E-state index is 12.6. The molecule has 0 aliphatic carbocycles. The molecule has 1 heterocycles. The minimum Gasteiger partial charge on any atom is -0.493 e. The standard InChI is InChI=1S/C68H116N2/c1-8-15-22-24-26-28-30-32-34-36-38-40-42-44-51-65-58(46-17-10-3)53-63(54-59(65)47-18-11-4)67-57-62(50-21-14-7)68(70(67)69)64-55-60(48-19-12-5)66(61(56-64)49-20-13-6)52-45-43-41-39-37-35-33-31-29-27-25-23-16-9-2/h53-57H,8-52H2,1-7H3. The zero-order valence-electron chi connectivity index (χ0n) is 48.1. The van der Waals surface area contributed by atoms with Gasteiger partial charge in [-0.25, -0.2) is 4.70 Å². The molecule has 0 atom stereocenters. The first-order valence-corrected chi connectivity index (χ1v) is 31.7. The zero-order valence-corrected chi connectivity index (χ0v) is 48.1. The average Bonchev–Trinajstić information content (AvgIpc) is 3.71. The molecule has 0 radical (unpaired) electrons. The van der Waals surface area contributed by atoms with Crippen molar-refractivity contribution in [1.29, 1.82) is 0 Å². The molecule has 3 rings (SSSR count). The minimum absolute atomic E-state index is 0.997. The van der Waals surface area contributed by atoms with Gasteiger partial charge in [0.1, 0.15) is 0 Å². The molecule has 398 valence electrons. The van der Waals surface area contributed by atoms with E-state index in [-0.39, 0.29) is 0 Å². The van der Waals surface area contributed by atoms with Crippen molar-refractivity contribution in [3.8, 4) is 0 Å². The Kier molecular flexibility index (Phi) is 36.2. The molecule has 1 aliphatic heterocycles. The van der Waals surface area contributed by atoms with Gasteiger partial charge in [0.15, 0.2) is 0 Å². The van der Waals surface area contributed by atoms with Crippen molar-refractivity contribution in [3.63, 3.8) is 0 Å². The predicted octanol–water partition coefficient (Wildman–Crippen LogP) is 23.1. The third-order valence-corrected chi connectivity index (χ3v) is 16.1. The van der Waals surface area contributed by atoms with Crippen LogP contribution in [0.25, 0.3) is 16.9 Å². The van der Waals surface area contributed by atoms with E-state index < -0.39 is 0 Å².